The smallest absolute Gasteiger partial charge is 0.394 e. The summed E-state index contributed by atoms with van der Waals surface area (Å²) >= 11 is 0. The van der Waals surface area contributed by atoms with E-state index in [9.17, 15) is 0 Å². The van der Waals surface area contributed by atoms with Gasteiger partial charge in [-0.1, -0.05) is 0 Å². The Morgan fingerprint density at radius 1 is 0.696 bits per heavy atom. The molecule has 2 rings (SSSR count). The normalized spacial score (nSPS) is 10.9. The summed E-state index contributed by atoms with van der Waals surface area (Å²) in [4.78, 5) is 0. The Hall–Kier alpha value is -2.09. The molecule has 0 unspecified atom stereocenters. The third-order valence-corrected chi connectivity index (χ3v) is 3.52. The lowest BCUT2D eigenvalue weighted by molar-refractivity contribution is 0.381. The molecule has 0 saturated heterocycles. The second-order valence-corrected chi connectivity index (χ2v) is 6.39. The number of hydrogen-bond acceptors (Lipinski definition) is 4. The van der Waals surface area contributed by atoms with Crippen molar-refractivity contribution in [2.24, 2.45) is 0 Å². The lowest BCUT2D eigenvalue weighted by Crippen LogP contribution is -1.97. The molecule has 0 aromatic heterocycles. The van der Waals surface area contributed by atoms with Crippen molar-refractivity contribution in [2.45, 2.75) is 27.7 Å². The molecule has 0 amide bonds. The van der Waals surface area contributed by atoms with Crippen molar-refractivity contribution < 1.29 is 17.5 Å². The van der Waals surface area contributed by atoms with Gasteiger partial charge >= 0.3 is 10.4 Å². The van der Waals surface area contributed by atoms with Crippen LogP contribution in [0, 0.1) is 27.7 Å². The van der Waals surface area contributed by atoms with E-state index < -0.39 is 10.4 Å². The average Bonchev–Trinajstić information content (AvgIpc) is 2.39. The maximum absolute atomic E-state index is 8.74. The molecular formula is C16H22N2O4S. The molecule has 0 aliphatic heterocycles. The zero-order chi connectivity index (χ0) is 17.9. The van der Waals surface area contributed by atoms with Gasteiger partial charge in [-0.2, -0.15) is 8.42 Å². The standard InChI is InChI=1S/C16H20N2.H2O4S/c1-9-5-13(6-10(2)15(9)17)14-7-11(3)16(18)12(4)8-14;1-5(2,3)4/h5-8H,17-18H2,1-4H3;(H2,1,2,3,4). The number of rotatable bonds is 1. The highest BCUT2D eigenvalue weighted by Crippen LogP contribution is 2.30. The summed E-state index contributed by atoms with van der Waals surface area (Å²) in [5, 5.41) is 0. The first kappa shape index (κ1) is 19.0. The molecule has 2 aromatic carbocycles. The Morgan fingerprint density at radius 3 is 1.04 bits per heavy atom. The van der Waals surface area contributed by atoms with Crippen LogP contribution in [0.15, 0.2) is 24.3 Å². The quantitative estimate of drug-likeness (QED) is 0.467. The maximum atomic E-state index is 8.74. The van der Waals surface area contributed by atoms with E-state index in [0.29, 0.717) is 0 Å². The van der Waals surface area contributed by atoms with Crippen molar-refractivity contribution in [3.8, 4) is 11.1 Å². The molecule has 0 spiro atoms. The van der Waals surface area contributed by atoms with Crippen molar-refractivity contribution in [1.29, 1.82) is 0 Å². The van der Waals surface area contributed by atoms with Crippen molar-refractivity contribution in [1.82, 2.24) is 0 Å². The highest BCUT2D eigenvalue weighted by Gasteiger charge is 2.07. The van der Waals surface area contributed by atoms with Crippen LogP contribution in [0.4, 0.5) is 11.4 Å². The molecule has 0 aliphatic rings. The van der Waals surface area contributed by atoms with Crippen LogP contribution < -0.4 is 11.5 Å². The van der Waals surface area contributed by atoms with E-state index in [4.69, 9.17) is 29.0 Å². The fourth-order valence-corrected chi connectivity index (χ4v) is 2.28. The Balaban J connectivity index is 0.000000463. The summed E-state index contributed by atoms with van der Waals surface area (Å²) in [6, 6.07) is 8.53. The summed E-state index contributed by atoms with van der Waals surface area (Å²) in [7, 11) is -4.67. The Morgan fingerprint density at radius 2 is 0.870 bits per heavy atom. The van der Waals surface area contributed by atoms with Crippen LogP contribution in [0.5, 0.6) is 0 Å². The van der Waals surface area contributed by atoms with Crippen LogP contribution in [0.3, 0.4) is 0 Å². The minimum Gasteiger partial charge on any atom is -0.398 e. The summed E-state index contributed by atoms with van der Waals surface area (Å²) in [5.74, 6) is 0. The van der Waals surface area contributed by atoms with Gasteiger partial charge in [0.1, 0.15) is 0 Å². The molecule has 6 nitrogen and oxygen atoms in total. The predicted molar refractivity (Wildman–Crippen MR) is 93.8 cm³/mol. The van der Waals surface area contributed by atoms with Crippen LogP contribution in [0.25, 0.3) is 11.1 Å². The van der Waals surface area contributed by atoms with Gasteiger partial charge in [0, 0.05) is 11.4 Å². The molecule has 2 aromatic rings. The molecule has 126 valence electrons. The fraction of sp³-hybridized carbons (Fsp3) is 0.250. The largest absolute Gasteiger partial charge is 0.398 e. The van der Waals surface area contributed by atoms with Crippen LogP contribution in [-0.4, -0.2) is 17.5 Å². The summed E-state index contributed by atoms with van der Waals surface area (Å²) in [5.41, 5.74) is 20.6. The zero-order valence-electron chi connectivity index (χ0n) is 13.6. The zero-order valence-corrected chi connectivity index (χ0v) is 14.4. The van der Waals surface area contributed by atoms with E-state index in [2.05, 4.69) is 24.3 Å². The highest BCUT2D eigenvalue weighted by atomic mass is 32.3. The number of anilines is 2. The molecule has 6 N–H and O–H groups in total. The molecule has 0 heterocycles. The van der Waals surface area contributed by atoms with Gasteiger partial charge < -0.3 is 11.5 Å². The molecule has 23 heavy (non-hydrogen) atoms. The van der Waals surface area contributed by atoms with Crippen molar-refractivity contribution >= 4 is 21.8 Å². The minimum absolute atomic E-state index is 0.877. The van der Waals surface area contributed by atoms with Gasteiger partial charge in [-0.3, -0.25) is 9.11 Å². The van der Waals surface area contributed by atoms with Gasteiger partial charge in [-0.25, -0.2) is 0 Å². The van der Waals surface area contributed by atoms with Gasteiger partial charge in [0.05, 0.1) is 0 Å². The van der Waals surface area contributed by atoms with Crippen LogP contribution in [0.1, 0.15) is 22.3 Å². The molecular weight excluding hydrogens is 316 g/mol. The van der Waals surface area contributed by atoms with Crippen molar-refractivity contribution in [3.05, 3.63) is 46.5 Å². The van der Waals surface area contributed by atoms with E-state index in [0.717, 1.165) is 33.6 Å². The van der Waals surface area contributed by atoms with Crippen LogP contribution >= 0.6 is 0 Å². The monoisotopic (exact) mass is 338 g/mol. The molecule has 0 fully saturated rings. The second kappa shape index (κ2) is 6.99. The molecule has 0 atom stereocenters. The van der Waals surface area contributed by atoms with Gasteiger partial charge in [-0.05, 0) is 85.3 Å². The van der Waals surface area contributed by atoms with Crippen molar-refractivity contribution in [2.75, 3.05) is 11.5 Å². The van der Waals surface area contributed by atoms with Gasteiger partial charge in [0.25, 0.3) is 0 Å². The van der Waals surface area contributed by atoms with E-state index in [1.54, 1.807) is 0 Å². The third-order valence-electron chi connectivity index (χ3n) is 3.52. The van der Waals surface area contributed by atoms with Crippen LogP contribution in [0.2, 0.25) is 0 Å². The average molecular weight is 338 g/mol. The number of nitrogen functional groups attached to an aromatic ring is 2. The highest BCUT2D eigenvalue weighted by molar-refractivity contribution is 7.79. The SMILES string of the molecule is Cc1cc(-c2cc(C)c(N)c(C)c2)cc(C)c1N.O=S(=O)(O)O. The lowest BCUT2D eigenvalue weighted by Gasteiger charge is -2.12. The van der Waals surface area contributed by atoms with E-state index in [-0.39, 0.29) is 0 Å². The number of nitrogens with two attached hydrogens (primary N) is 2. The first-order valence-electron chi connectivity index (χ1n) is 6.84. The van der Waals surface area contributed by atoms with Crippen molar-refractivity contribution in [3.63, 3.8) is 0 Å². The molecule has 0 aliphatic carbocycles. The number of aryl methyl sites for hydroxylation is 4. The topological polar surface area (TPSA) is 127 Å². The maximum Gasteiger partial charge on any atom is 0.394 e. The summed E-state index contributed by atoms with van der Waals surface area (Å²) < 4.78 is 31.6. The Labute approximate surface area is 136 Å². The van der Waals surface area contributed by atoms with E-state index in [1.165, 1.54) is 11.1 Å². The lowest BCUT2D eigenvalue weighted by atomic mass is 9.95. The molecule has 0 saturated carbocycles. The molecule has 0 radical (unpaired) electrons. The Bertz CT molecular complexity index is 720. The predicted octanol–water partition coefficient (Wildman–Crippen LogP) is 3.10. The number of hydrogen-bond donors (Lipinski definition) is 4. The molecule has 7 heteroatoms. The second-order valence-electron chi connectivity index (χ2n) is 5.50. The number of benzene rings is 2. The van der Waals surface area contributed by atoms with Gasteiger partial charge in [0.2, 0.25) is 0 Å². The third kappa shape index (κ3) is 5.55. The van der Waals surface area contributed by atoms with E-state index in [1.807, 2.05) is 27.7 Å². The first-order chi connectivity index (χ1) is 10.4. The fourth-order valence-electron chi connectivity index (χ4n) is 2.28. The summed E-state index contributed by atoms with van der Waals surface area (Å²) in [6.07, 6.45) is 0. The van der Waals surface area contributed by atoms with E-state index >= 15 is 0 Å². The minimum atomic E-state index is -4.67. The van der Waals surface area contributed by atoms with Gasteiger partial charge in [0.15, 0.2) is 0 Å². The molecule has 0 bridgehead atoms. The van der Waals surface area contributed by atoms with Crippen LogP contribution in [-0.2, 0) is 10.4 Å². The van der Waals surface area contributed by atoms with Gasteiger partial charge in [-0.15, -0.1) is 0 Å². The first-order valence-corrected chi connectivity index (χ1v) is 8.23. The summed E-state index contributed by atoms with van der Waals surface area (Å²) in [6.45, 7) is 8.18. The Kier molecular flexibility index (Phi) is 5.76.